The minimum atomic E-state index is 0.310. The molecule has 4 nitrogen and oxygen atoms in total. The van der Waals surface area contributed by atoms with E-state index in [1.54, 1.807) is 0 Å². The molecule has 1 aromatic rings. The number of anilines is 2. The van der Waals surface area contributed by atoms with E-state index in [1.165, 1.54) is 12.8 Å². The molecule has 0 spiro atoms. The molecule has 3 N–H and O–H groups in total. The SMILES string of the molecule is Cc1c(N)nc(C(C)C)nc1NCC1CC1. The Balaban J connectivity index is 2.19. The number of hydrogen-bond acceptors (Lipinski definition) is 4. The van der Waals surface area contributed by atoms with Crippen molar-refractivity contribution in [2.45, 2.75) is 39.5 Å². The molecule has 88 valence electrons. The van der Waals surface area contributed by atoms with E-state index in [0.29, 0.717) is 11.7 Å². The van der Waals surface area contributed by atoms with Gasteiger partial charge in [0.1, 0.15) is 17.5 Å². The van der Waals surface area contributed by atoms with Crippen LogP contribution in [0.5, 0.6) is 0 Å². The second kappa shape index (κ2) is 4.28. The molecule has 1 aromatic heterocycles. The first-order valence-electron chi connectivity index (χ1n) is 5.95. The van der Waals surface area contributed by atoms with Gasteiger partial charge in [0.2, 0.25) is 0 Å². The Morgan fingerprint density at radius 3 is 2.62 bits per heavy atom. The van der Waals surface area contributed by atoms with E-state index in [-0.39, 0.29) is 0 Å². The quantitative estimate of drug-likeness (QED) is 0.817. The summed E-state index contributed by atoms with van der Waals surface area (Å²) < 4.78 is 0. The molecule has 1 aliphatic rings. The first-order valence-corrected chi connectivity index (χ1v) is 5.95. The summed E-state index contributed by atoms with van der Waals surface area (Å²) in [5.74, 6) is 3.46. The van der Waals surface area contributed by atoms with Crippen molar-refractivity contribution >= 4 is 11.6 Å². The maximum Gasteiger partial charge on any atom is 0.135 e. The van der Waals surface area contributed by atoms with Crippen molar-refractivity contribution in [3.63, 3.8) is 0 Å². The van der Waals surface area contributed by atoms with Crippen LogP contribution in [0.2, 0.25) is 0 Å². The highest BCUT2D eigenvalue weighted by Gasteiger charge is 2.21. The van der Waals surface area contributed by atoms with Crippen LogP contribution < -0.4 is 11.1 Å². The van der Waals surface area contributed by atoms with Crippen LogP contribution in [0.3, 0.4) is 0 Å². The number of rotatable bonds is 4. The van der Waals surface area contributed by atoms with Gasteiger partial charge in [-0.2, -0.15) is 0 Å². The van der Waals surface area contributed by atoms with Crippen LogP contribution in [0.4, 0.5) is 11.6 Å². The Bertz CT molecular complexity index is 383. The molecule has 0 aromatic carbocycles. The molecule has 1 aliphatic carbocycles. The smallest absolute Gasteiger partial charge is 0.135 e. The van der Waals surface area contributed by atoms with Gasteiger partial charge in [0.15, 0.2) is 0 Å². The second-order valence-electron chi connectivity index (χ2n) is 4.92. The first-order chi connectivity index (χ1) is 7.58. The van der Waals surface area contributed by atoms with Crippen LogP contribution in [0, 0.1) is 12.8 Å². The van der Waals surface area contributed by atoms with Crippen molar-refractivity contribution in [3.05, 3.63) is 11.4 Å². The number of aromatic nitrogens is 2. The van der Waals surface area contributed by atoms with E-state index in [0.717, 1.165) is 29.7 Å². The van der Waals surface area contributed by atoms with Gasteiger partial charge in [0.05, 0.1) is 0 Å². The second-order valence-corrected chi connectivity index (χ2v) is 4.92. The summed E-state index contributed by atoms with van der Waals surface area (Å²) in [7, 11) is 0. The third-order valence-electron chi connectivity index (χ3n) is 2.97. The van der Waals surface area contributed by atoms with Gasteiger partial charge in [-0.1, -0.05) is 13.8 Å². The van der Waals surface area contributed by atoms with E-state index < -0.39 is 0 Å². The highest BCUT2D eigenvalue weighted by molar-refractivity contribution is 5.55. The van der Waals surface area contributed by atoms with Crippen LogP contribution >= 0.6 is 0 Å². The summed E-state index contributed by atoms with van der Waals surface area (Å²) in [5, 5.41) is 3.38. The summed E-state index contributed by atoms with van der Waals surface area (Å²) in [5.41, 5.74) is 6.85. The lowest BCUT2D eigenvalue weighted by Crippen LogP contribution is -2.12. The number of nitrogen functional groups attached to an aromatic ring is 1. The van der Waals surface area contributed by atoms with Crippen molar-refractivity contribution in [1.29, 1.82) is 0 Å². The molecule has 0 aliphatic heterocycles. The molecular weight excluding hydrogens is 200 g/mol. The lowest BCUT2D eigenvalue weighted by atomic mass is 10.2. The predicted molar refractivity (Wildman–Crippen MR) is 66.5 cm³/mol. The Hall–Kier alpha value is -1.32. The van der Waals surface area contributed by atoms with E-state index in [1.807, 2.05) is 6.92 Å². The van der Waals surface area contributed by atoms with Crippen molar-refractivity contribution < 1.29 is 0 Å². The maximum absolute atomic E-state index is 5.89. The minimum absolute atomic E-state index is 0.310. The Morgan fingerprint density at radius 2 is 2.06 bits per heavy atom. The van der Waals surface area contributed by atoms with Crippen LogP contribution in [0.1, 0.15) is 44.0 Å². The number of hydrogen-bond donors (Lipinski definition) is 2. The molecule has 1 fully saturated rings. The van der Waals surface area contributed by atoms with Gasteiger partial charge in [-0.15, -0.1) is 0 Å². The fourth-order valence-electron chi connectivity index (χ4n) is 1.55. The molecule has 0 atom stereocenters. The van der Waals surface area contributed by atoms with Crippen LogP contribution in [0.15, 0.2) is 0 Å². The van der Waals surface area contributed by atoms with Gasteiger partial charge in [-0.25, -0.2) is 9.97 Å². The van der Waals surface area contributed by atoms with E-state index >= 15 is 0 Å². The van der Waals surface area contributed by atoms with E-state index in [9.17, 15) is 0 Å². The summed E-state index contributed by atoms with van der Waals surface area (Å²) >= 11 is 0. The molecule has 1 saturated carbocycles. The fourth-order valence-corrected chi connectivity index (χ4v) is 1.55. The molecular formula is C12H20N4. The summed E-state index contributed by atoms with van der Waals surface area (Å²) in [6.45, 7) is 7.13. The zero-order valence-electron chi connectivity index (χ0n) is 10.2. The minimum Gasteiger partial charge on any atom is -0.383 e. The van der Waals surface area contributed by atoms with Crippen LogP contribution in [0.25, 0.3) is 0 Å². The number of nitrogens with one attached hydrogen (secondary N) is 1. The largest absolute Gasteiger partial charge is 0.383 e. The van der Waals surface area contributed by atoms with Crippen molar-refractivity contribution in [2.24, 2.45) is 5.92 Å². The average molecular weight is 220 g/mol. The summed E-state index contributed by atoms with van der Waals surface area (Å²) in [6.07, 6.45) is 2.67. The Labute approximate surface area is 96.7 Å². The van der Waals surface area contributed by atoms with E-state index in [2.05, 4.69) is 29.1 Å². The molecule has 2 rings (SSSR count). The summed E-state index contributed by atoms with van der Waals surface area (Å²) in [6, 6.07) is 0. The van der Waals surface area contributed by atoms with Gasteiger partial charge in [-0.3, -0.25) is 0 Å². The molecule has 0 radical (unpaired) electrons. The number of nitrogens with zero attached hydrogens (tertiary/aromatic N) is 2. The summed E-state index contributed by atoms with van der Waals surface area (Å²) in [4.78, 5) is 8.83. The van der Waals surface area contributed by atoms with Crippen molar-refractivity contribution in [2.75, 3.05) is 17.6 Å². The molecule has 0 saturated heterocycles. The molecule has 0 bridgehead atoms. The Morgan fingerprint density at radius 1 is 1.38 bits per heavy atom. The molecule has 16 heavy (non-hydrogen) atoms. The van der Waals surface area contributed by atoms with Crippen molar-refractivity contribution in [1.82, 2.24) is 9.97 Å². The Kier molecular flexibility index (Phi) is 2.99. The number of nitrogens with two attached hydrogens (primary N) is 1. The van der Waals surface area contributed by atoms with Crippen molar-refractivity contribution in [3.8, 4) is 0 Å². The monoisotopic (exact) mass is 220 g/mol. The fraction of sp³-hybridized carbons (Fsp3) is 0.667. The lowest BCUT2D eigenvalue weighted by Gasteiger charge is -2.13. The maximum atomic E-state index is 5.89. The highest BCUT2D eigenvalue weighted by atomic mass is 15.1. The lowest BCUT2D eigenvalue weighted by molar-refractivity contribution is 0.771. The van der Waals surface area contributed by atoms with Crippen LogP contribution in [-0.2, 0) is 0 Å². The van der Waals surface area contributed by atoms with E-state index in [4.69, 9.17) is 5.73 Å². The molecule has 0 amide bonds. The third-order valence-corrected chi connectivity index (χ3v) is 2.97. The van der Waals surface area contributed by atoms with Gasteiger partial charge < -0.3 is 11.1 Å². The topological polar surface area (TPSA) is 63.8 Å². The van der Waals surface area contributed by atoms with Gasteiger partial charge in [0, 0.05) is 18.0 Å². The highest BCUT2D eigenvalue weighted by Crippen LogP contribution is 2.29. The van der Waals surface area contributed by atoms with Gasteiger partial charge >= 0.3 is 0 Å². The van der Waals surface area contributed by atoms with Gasteiger partial charge in [0.25, 0.3) is 0 Å². The average Bonchev–Trinajstić information content (AvgIpc) is 3.03. The third kappa shape index (κ3) is 2.43. The zero-order chi connectivity index (χ0) is 11.7. The normalized spacial score (nSPS) is 15.5. The van der Waals surface area contributed by atoms with Crippen LogP contribution in [-0.4, -0.2) is 16.5 Å². The standard InChI is InChI=1S/C12H20N4/c1-7(2)11-15-10(13)8(3)12(16-11)14-6-9-4-5-9/h7,9H,4-6H2,1-3H3,(H3,13,14,15,16). The molecule has 1 heterocycles. The predicted octanol–water partition coefficient (Wildman–Crippen LogP) is 2.31. The first kappa shape index (κ1) is 11.2. The molecule has 0 unspecified atom stereocenters. The molecule has 4 heteroatoms. The van der Waals surface area contributed by atoms with Gasteiger partial charge in [-0.05, 0) is 25.7 Å². The zero-order valence-corrected chi connectivity index (χ0v) is 10.2.